The number of oxazole rings is 1. The number of nitrogens with two attached hydrogens (primary N) is 1. The van der Waals surface area contributed by atoms with Crippen molar-refractivity contribution in [2.45, 2.75) is 13.0 Å². The second kappa shape index (κ2) is 4.80. The second-order valence-electron chi connectivity index (χ2n) is 3.72. The molecule has 17 heavy (non-hydrogen) atoms. The predicted octanol–water partition coefficient (Wildman–Crippen LogP) is 1.63. The van der Waals surface area contributed by atoms with Crippen LogP contribution >= 0.6 is 0 Å². The number of rotatable bonds is 3. The van der Waals surface area contributed by atoms with Crippen LogP contribution in [0.3, 0.4) is 0 Å². The molecule has 0 saturated heterocycles. The molecule has 1 atom stereocenters. The number of hydrogen-bond donors (Lipinski definition) is 2. The highest BCUT2D eigenvalue weighted by molar-refractivity contribution is 5.94. The number of aromatic nitrogens is 1. The minimum Gasteiger partial charge on any atom is -0.444 e. The molecule has 5 nitrogen and oxygen atoms in total. The van der Waals surface area contributed by atoms with Gasteiger partial charge in [0.05, 0.1) is 12.2 Å². The summed E-state index contributed by atoms with van der Waals surface area (Å²) in [5.74, 6) is 0.432. The highest BCUT2D eigenvalue weighted by atomic mass is 16.3. The van der Waals surface area contributed by atoms with Gasteiger partial charge in [0.25, 0.3) is 0 Å². The Labute approximate surface area is 98.6 Å². The van der Waals surface area contributed by atoms with Crippen molar-refractivity contribution in [2.75, 3.05) is 5.32 Å². The van der Waals surface area contributed by atoms with Gasteiger partial charge in [-0.2, -0.15) is 0 Å². The van der Waals surface area contributed by atoms with Crippen molar-refractivity contribution in [3.05, 3.63) is 36.9 Å². The smallest absolute Gasteiger partial charge is 0.240 e. The monoisotopic (exact) mass is 231 g/mol. The standard InChI is InChI=1S/C12H13N3O2/c1-8(13)12(16)15-10-4-2-3-9(5-10)11-6-14-7-17-11/h2-8H,13H2,1H3,(H,15,16)/t8-/m0/s1. The van der Waals surface area contributed by atoms with E-state index in [0.29, 0.717) is 11.4 Å². The summed E-state index contributed by atoms with van der Waals surface area (Å²) in [6.07, 6.45) is 2.98. The Hall–Kier alpha value is -2.14. The first-order valence-corrected chi connectivity index (χ1v) is 5.22. The molecule has 0 unspecified atom stereocenters. The summed E-state index contributed by atoms with van der Waals surface area (Å²) < 4.78 is 5.18. The highest BCUT2D eigenvalue weighted by Gasteiger charge is 2.08. The van der Waals surface area contributed by atoms with Crippen LogP contribution in [0.2, 0.25) is 0 Å². The summed E-state index contributed by atoms with van der Waals surface area (Å²) >= 11 is 0. The minimum absolute atomic E-state index is 0.222. The fraction of sp³-hybridized carbons (Fsp3) is 0.167. The number of benzene rings is 1. The topological polar surface area (TPSA) is 81.2 Å². The van der Waals surface area contributed by atoms with Crippen LogP contribution in [-0.4, -0.2) is 16.9 Å². The first-order chi connectivity index (χ1) is 8.16. The Morgan fingerprint density at radius 1 is 1.53 bits per heavy atom. The van der Waals surface area contributed by atoms with Crippen LogP contribution in [0.5, 0.6) is 0 Å². The fourth-order valence-corrected chi connectivity index (χ4v) is 1.36. The van der Waals surface area contributed by atoms with Crippen LogP contribution in [0, 0.1) is 0 Å². The predicted molar refractivity (Wildman–Crippen MR) is 64.2 cm³/mol. The summed E-state index contributed by atoms with van der Waals surface area (Å²) in [6, 6.07) is 6.77. The zero-order valence-electron chi connectivity index (χ0n) is 9.38. The van der Waals surface area contributed by atoms with Crippen molar-refractivity contribution in [3.63, 3.8) is 0 Å². The maximum absolute atomic E-state index is 11.4. The summed E-state index contributed by atoms with van der Waals surface area (Å²) in [7, 11) is 0. The normalized spacial score (nSPS) is 12.1. The summed E-state index contributed by atoms with van der Waals surface area (Å²) in [4.78, 5) is 15.3. The lowest BCUT2D eigenvalue weighted by molar-refractivity contribution is -0.117. The SMILES string of the molecule is C[C@H](N)C(=O)Nc1cccc(-c2cnco2)c1. The van der Waals surface area contributed by atoms with E-state index in [1.54, 1.807) is 25.3 Å². The van der Waals surface area contributed by atoms with Crippen molar-refractivity contribution in [1.29, 1.82) is 0 Å². The minimum atomic E-state index is -0.538. The molecule has 2 rings (SSSR count). The number of hydrogen-bond acceptors (Lipinski definition) is 4. The molecule has 1 aromatic heterocycles. The van der Waals surface area contributed by atoms with Gasteiger partial charge in [0.1, 0.15) is 0 Å². The van der Waals surface area contributed by atoms with Crippen LogP contribution in [0.15, 0.2) is 41.3 Å². The van der Waals surface area contributed by atoms with Crippen molar-refractivity contribution < 1.29 is 9.21 Å². The summed E-state index contributed by atoms with van der Waals surface area (Å²) in [5.41, 5.74) is 7.01. The van der Waals surface area contributed by atoms with Gasteiger partial charge in [-0.15, -0.1) is 0 Å². The van der Waals surface area contributed by atoms with E-state index < -0.39 is 6.04 Å². The third kappa shape index (κ3) is 2.70. The molecule has 1 heterocycles. The van der Waals surface area contributed by atoms with Gasteiger partial charge in [-0.1, -0.05) is 12.1 Å². The molecule has 0 aliphatic heterocycles. The molecule has 0 spiro atoms. The van der Waals surface area contributed by atoms with Crippen LogP contribution in [-0.2, 0) is 4.79 Å². The molecular formula is C12H13N3O2. The molecule has 1 aromatic carbocycles. The third-order valence-electron chi connectivity index (χ3n) is 2.26. The molecule has 0 radical (unpaired) electrons. The van der Waals surface area contributed by atoms with Gasteiger partial charge in [0, 0.05) is 11.3 Å². The van der Waals surface area contributed by atoms with E-state index in [4.69, 9.17) is 10.2 Å². The van der Waals surface area contributed by atoms with Crippen molar-refractivity contribution >= 4 is 11.6 Å². The first-order valence-electron chi connectivity index (χ1n) is 5.22. The van der Waals surface area contributed by atoms with E-state index in [9.17, 15) is 4.79 Å². The quantitative estimate of drug-likeness (QED) is 0.841. The maximum Gasteiger partial charge on any atom is 0.240 e. The van der Waals surface area contributed by atoms with Gasteiger partial charge >= 0.3 is 0 Å². The summed E-state index contributed by atoms with van der Waals surface area (Å²) in [5, 5.41) is 2.72. The molecule has 5 heteroatoms. The molecule has 0 aliphatic carbocycles. The van der Waals surface area contributed by atoms with E-state index in [-0.39, 0.29) is 5.91 Å². The van der Waals surface area contributed by atoms with Crippen LogP contribution in [0.4, 0.5) is 5.69 Å². The zero-order valence-corrected chi connectivity index (χ0v) is 9.38. The Kier molecular flexibility index (Phi) is 3.20. The third-order valence-corrected chi connectivity index (χ3v) is 2.26. The van der Waals surface area contributed by atoms with Gasteiger partial charge in [-0.05, 0) is 19.1 Å². The zero-order chi connectivity index (χ0) is 12.3. The van der Waals surface area contributed by atoms with Crippen LogP contribution in [0.1, 0.15) is 6.92 Å². The number of anilines is 1. The molecule has 0 fully saturated rings. The maximum atomic E-state index is 11.4. The van der Waals surface area contributed by atoms with E-state index in [1.807, 2.05) is 12.1 Å². The molecule has 1 amide bonds. The van der Waals surface area contributed by atoms with Crippen LogP contribution in [0.25, 0.3) is 11.3 Å². The Morgan fingerprint density at radius 2 is 2.35 bits per heavy atom. The number of carbonyl (C=O) groups is 1. The Balaban J connectivity index is 2.20. The van der Waals surface area contributed by atoms with Crippen molar-refractivity contribution in [2.24, 2.45) is 5.73 Å². The average Bonchev–Trinajstić information content (AvgIpc) is 2.82. The molecule has 0 saturated carbocycles. The molecule has 3 N–H and O–H groups in total. The number of nitrogens with one attached hydrogen (secondary N) is 1. The van der Waals surface area contributed by atoms with E-state index in [0.717, 1.165) is 5.56 Å². The molecule has 0 bridgehead atoms. The average molecular weight is 231 g/mol. The Bertz CT molecular complexity index is 506. The van der Waals surface area contributed by atoms with E-state index in [2.05, 4.69) is 10.3 Å². The number of carbonyl (C=O) groups excluding carboxylic acids is 1. The first kappa shape index (κ1) is 11.3. The van der Waals surface area contributed by atoms with E-state index in [1.165, 1.54) is 6.39 Å². The largest absolute Gasteiger partial charge is 0.444 e. The molecule has 2 aromatic rings. The lowest BCUT2D eigenvalue weighted by Crippen LogP contribution is -2.32. The lowest BCUT2D eigenvalue weighted by Gasteiger charge is -2.08. The second-order valence-corrected chi connectivity index (χ2v) is 3.72. The number of nitrogens with zero attached hydrogens (tertiary/aromatic N) is 1. The molecule has 0 aliphatic rings. The van der Waals surface area contributed by atoms with Crippen molar-refractivity contribution in [3.8, 4) is 11.3 Å². The highest BCUT2D eigenvalue weighted by Crippen LogP contribution is 2.21. The fourth-order valence-electron chi connectivity index (χ4n) is 1.36. The lowest BCUT2D eigenvalue weighted by atomic mass is 10.1. The molecule has 88 valence electrons. The Morgan fingerprint density at radius 3 is 3.00 bits per heavy atom. The van der Waals surface area contributed by atoms with Gasteiger partial charge in [0.15, 0.2) is 12.2 Å². The number of amides is 1. The van der Waals surface area contributed by atoms with Crippen molar-refractivity contribution in [1.82, 2.24) is 4.98 Å². The van der Waals surface area contributed by atoms with Crippen LogP contribution < -0.4 is 11.1 Å². The van der Waals surface area contributed by atoms with Gasteiger partial charge in [-0.25, -0.2) is 4.98 Å². The van der Waals surface area contributed by atoms with Gasteiger partial charge < -0.3 is 15.5 Å². The van der Waals surface area contributed by atoms with Gasteiger partial charge in [0.2, 0.25) is 5.91 Å². The van der Waals surface area contributed by atoms with Gasteiger partial charge in [-0.3, -0.25) is 4.79 Å². The van der Waals surface area contributed by atoms with E-state index >= 15 is 0 Å². The summed E-state index contributed by atoms with van der Waals surface area (Å²) in [6.45, 7) is 1.63. The molecular weight excluding hydrogens is 218 g/mol.